The third-order valence-electron chi connectivity index (χ3n) is 4.17. The smallest absolute Gasteiger partial charge is 0.186 e. The Morgan fingerprint density at radius 2 is 2.26 bits per heavy atom. The Hall–Kier alpha value is -0.550. The van der Waals surface area contributed by atoms with E-state index in [0.717, 1.165) is 23.5 Å². The lowest BCUT2D eigenvalue weighted by molar-refractivity contribution is 0.247. The lowest BCUT2D eigenvalue weighted by Gasteiger charge is -2.37. The molecule has 1 aromatic rings. The Morgan fingerprint density at radius 3 is 2.84 bits per heavy atom. The molecule has 3 atom stereocenters. The van der Waals surface area contributed by atoms with E-state index in [2.05, 4.69) is 36.2 Å². The first-order valence-corrected chi connectivity index (χ1v) is 8.23. The van der Waals surface area contributed by atoms with Crippen LogP contribution in [0.15, 0.2) is 11.5 Å². The van der Waals surface area contributed by atoms with Crippen LogP contribution in [0.5, 0.6) is 0 Å². The highest BCUT2D eigenvalue weighted by atomic mass is 32.2. The summed E-state index contributed by atoms with van der Waals surface area (Å²) in [7, 11) is 1.97. The molecular weight excluding hydrogens is 256 g/mol. The SMILES string of the molecule is CCNC1CCC(C(C)C)CC1Sc1ncnn1C. The molecule has 0 bridgehead atoms. The minimum atomic E-state index is 0.613. The quantitative estimate of drug-likeness (QED) is 0.902. The molecule has 5 heteroatoms. The van der Waals surface area contributed by atoms with Gasteiger partial charge in [0.25, 0.3) is 0 Å². The van der Waals surface area contributed by atoms with Crippen LogP contribution in [0.4, 0.5) is 0 Å². The van der Waals surface area contributed by atoms with Crippen LogP contribution in [0.2, 0.25) is 0 Å². The molecular formula is C14H26N4S. The number of rotatable bonds is 5. The molecule has 0 radical (unpaired) electrons. The minimum absolute atomic E-state index is 0.613. The zero-order chi connectivity index (χ0) is 13.8. The first-order valence-electron chi connectivity index (χ1n) is 7.35. The summed E-state index contributed by atoms with van der Waals surface area (Å²) in [5.41, 5.74) is 0. The summed E-state index contributed by atoms with van der Waals surface area (Å²) in [6.07, 6.45) is 5.57. The second-order valence-electron chi connectivity index (χ2n) is 5.80. The van der Waals surface area contributed by atoms with E-state index in [9.17, 15) is 0 Å². The third kappa shape index (κ3) is 3.72. The molecule has 1 heterocycles. The summed E-state index contributed by atoms with van der Waals surface area (Å²) in [6.45, 7) is 7.94. The van der Waals surface area contributed by atoms with Crippen molar-refractivity contribution >= 4 is 11.8 Å². The maximum Gasteiger partial charge on any atom is 0.186 e. The van der Waals surface area contributed by atoms with Gasteiger partial charge in [-0.3, -0.25) is 0 Å². The molecule has 2 rings (SSSR count). The number of hydrogen-bond acceptors (Lipinski definition) is 4. The van der Waals surface area contributed by atoms with Crippen molar-refractivity contribution in [1.82, 2.24) is 20.1 Å². The maximum atomic E-state index is 4.36. The van der Waals surface area contributed by atoms with E-state index >= 15 is 0 Å². The van der Waals surface area contributed by atoms with E-state index in [1.807, 2.05) is 23.5 Å². The highest BCUT2D eigenvalue weighted by molar-refractivity contribution is 7.99. The second kappa shape index (κ2) is 6.75. The Balaban J connectivity index is 2.05. The van der Waals surface area contributed by atoms with Gasteiger partial charge in [-0.25, -0.2) is 9.67 Å². The topological polar surface area (TPSA) is 42.7 Å². The summed E-state index contributed by atoms with van der Waals surface area (Å²) < 4.78 is 1.88. The van der Waals surface area contributed by atoms with Gasteiger partial charge in [0.2, 0.25) is 0 Å². The van der Waals surface area contributed by atoms with Crippen LogP contribution in [0, 0.1) is 11.8 Å². The number of thioether (sulfide) groups is 1. The molecule has 0 saturated heterocycles. The minimum Gasteiger partial charge on any atom is -0.313 e. The largest absolute Gasteiger partial charge is 0.313 e. The summed E-state index contributed by atoms with van der Waals surface area (Å²) in [5.74, 6) is 1.63. The molecule has 0 aromatic carbocycles. The van der Waals surface area contributed by atoms with Crippen molar-refractivity contribution in [3.05, 3.63) is 6.33 Å². The van der Waals surface area contributed by atoms with Crippen molar-refractivity contribution < 1.29 is 0 Å². The molecule has 3 unspecified atom stereocenters. The molecule has 1 N–H and O–H groups in total. The molecule has 1 fully saturated rings. The molecule has 0 spiro atoms. The monoisotopic (exact) mass is 282 g/mol. The Kier molecular flexibility index (Phi) is 5.28. The van der Waals surface area contributed by atoms with E-state index < -0.39 is 0 Å². The fourth-order valence-electron chi connectivity index (χ4n) is 2.92. The van der Waals surface area contributed by atoms with Gasteiger partial charge in [-0.2, -0.15) is 5.10 Å². The molecule has 0 aliphatic heterocycles. The van der Waals surface area contributed by atoms with Crippen LogP contribution < -0.4 is 5.32 Å². The lowest BCUT2D eigenvalue weighted by atomic mass is 9.79. The molecule has 108 valence electrons. The first kappa shape index (κ1) is 14.9. The van der Waals surface area contributed by atoms with Crippen molar-refractivity contribution in [2.75, 3.05) is 6.54 Å². The van der Waals surface area contributed by atoms with Gasteiger partial charge in [0.05, 0.1) is 0 Å². The molecule has 19 heavy (non-hydrogen) atoms. The van der Waals surface area contributed by atoms with E-state index in [-0.39, 0.29) is 0 Å². The maximum absolute atomic E-state index is 4.36. The van der Waals surface area contributed by atoms with Gasteiger partial charge >= 0.3 is 0 Å². The fraction of sp³-hybridized carbons (Fsp3) is 0.857. The molecule has 4 nitrogen and oxygen atoms in total. The Labute approximate surface area is 120 Å². The lowest BCUT2D eigenvalue weighted by Crippen LogP contribution is -2.43. The van der Waals surface area contributed by atoms with Gasteiger partial charge in [0, 0.05) is 18.3 Å². The molecule has 1 saturated carbocycles. The zero-order valence-electron chi connectivity index (χ0n) is 12.5. The van der Waals surface area contributed by atoms with Crippen molar-refractivity contribution in [2.24, 2.45) is 18.9 Å². The van der Waals surface area contributed by atoms with E-state index in [4.69, 9.17) is 0 Å². The number of nitrogens with zero attached hydrogens (tertiary/aromatic N) is 3. The van der Waals surface area contributed by atoms with Crippen LogP contribution in [0.1, 0.15) is 40.0 Å². The van der Waals surface area contributed by atoms with Crippen LogP contribution in [0.25, 0.3) is 0 Å². The van der Waals surface area contributed by atoms with Gasteiger partial charge in [0.15, 0.2) is 5.16 Å². The van der Waals surface area contributed by atoms with Gasteiger partial charge < -0.3 is 5.32 Å². The standard InChI is InChI=1S/C14H26N4S/c1-5-15-12-7-6-11(10(2)3)8-13(12)19-14-16-9-17-18(14)4/h9-13,15H,5-8H2,1-4H3. The Morgan fingerprint density at radius 1 is 1.47 bits per heavy atom. The van der Waals surface area contributed by atoms with Crippen molar-refractivity contribution in [1.29, 1.82) is 0 Å². The van der Waals surface area contributed by atoms with Crippen LogP contribution in [-0.4, -0.2) is 32.6 Å². The molecule has 1 aliphatic rings. The Bertz CT molecular complexity index is 391. The number of aromatic nitrogens is 3. The normalized spacial score (nSPS) is 27.9. The molecule has 1 aromatic heterocycles. The van der Waals surface area contributed by atoms with Crippen LogP contribution in [-0.2, 0) is 7.05 Å². The van der Waals surface area contributed by atoms with E-state index in [0.29, 0.717) is 11.3 Å². The van der Waals surface area contributed by atoms with Gasteiger partial charge in [-0.15, -0.1) is 0 Å². The summed E-state index contributed by atoms with van der Waals surface area (Å²) in [5, 5.41) is 9.47. The fourth-order valence-corrected chi connectivity index (χ4v) is 4.24. The molecule has 0 amide bonds. The second-order valence-corrected chi connectivity index (χ2v) is 7.01. The number of nitrogens with one attached hydrogen (secondary N) is 1. The third-order valence-corrected chi connectivity index (χ3v) is 5.57. The van der Waals surface area contributed by atoms with E-state index in [1.165, 1.54) is 19.3 Å². The summed E-state index contributed by atoms with van der Waals surface area (Å²) in [4.78, 5) is 4.36. The van der Waals surface area contributed by atoms with Crippen molar-refractivity contribution in [2.45, 2.75) is 56.5 Å². The highest BCUT2D eigenvalue weighted by Crippen LogP contribution is 2.38. The van der Waals surface area contributed by atoms with Crippen molar-refractivity contribution in [3.63, 3.8) is 0 Å². The van der Waals surface area contributed by atoms with Crippen LogP contribution >= 0.6 is 11.8 Å². The van der Waals surface area contributed by atoms with Gasteiger partial charge in [-0.1, -0.05) is 32.5 Å². The predicted octanol–water partition coefficient (Wildman–Crippen LogP) is 2.71. The van der Waals surface area contributed by atoms with Gasteiger partial charge in [-0.05, 0) is 37.6 Å². The van der Waals surface area contributed by atoms with E-state index in [1.54, 1.807) is 6.33 Å². The van der Waals surface area contributed by atoms with Crippen molar-refractivity contribution in [3.8, 4) is 0 Å². The zero-order valence-corrected chi connectivity index (χ0v) is 13.3. The highest BCUT2D eigenvalue weighted by Gasteiger charge is 2.32. The average Bonchev–Trinajstić information content (AvgIpc) is 2.77. The predicted molar refractivity (Wildman–Crippen MR) is 80.3 cm³/mol. The molecule has 1 aliphatic carbocycles. The van der Waals surface area contributed by atoms with Gasteiger partial charge in [0.1, 0.15) is 6.33 Å². The van der Waals surface area contributed by atoms with Crippen LogP contribution in [0.3, 0.4) is 0 Å². The number of aryl methyl sites for hydroxylation is 1. The average molecular weight is 282 g/mol. The summed E-state index contributed by atoms with van der Waals surface area (Å²) >= 11 is 1.89. The first-order chi connectivity index (χ1) is 9.11. The number of hydrogen-bond donors (Lipinski definition) is 1. The summed E-state index contributed by atoms with van der Waals surface area (Å²) in [6, 6.07) is 0.613.